The fourth-order valence-electron chi connectivity index (χ4n) is 2.01. The Morgan fingerprint density at radius 3 is 3.05 bits per heavy atom. The fourth-order valence-corrected chi connectivity index (χ4v) is 2.01. The summed E-state index contributed by atoms with van der Waals surface area (Å²) in [6.07, 6.45) is 3.45. The van der Waals surface area contributed by atoms with E-state index in [0.717, 1.165) is 49.8 Å². The van der Waals surface area contributed by atoms with E-state index < -0.39 is 0 Å². The van der Waals surface area contributed by atoms with E-state index in [0.29, 0.717) is 12.6 Å². The second-order valence-corrected chi connectivity index (χ2v) is 4.58. The minimum absolute atomic E-state index is 0.301. The first kappa shape index (κ1) is 13.9. The second-order valence-electron chi connectivity index (χ2n) is 4.58. The summed E-state index contributed by atoms with van der Waals surface area (Å²) in [5, 5.41) is 10.4. The van der Waals surface area contributed by atoms with Gasteiger partial charge in [0.15, 0.2) is 11.7 Å². The van der Waals surface area contributed by atoms with E-state index >= 15 is 0 Å². The lowest BCUT2D eigenvalue weighted by Crippen LogP contribution is -2.40. The average molecular weight is 266 g/mol. The maximum atomic E-state index is 5.55. The van der Waals surface area contributed by atoms with Crippen LogP contribution in [0, 0.1) is 0 Å². The Hall–Kier alpha value is -1.56. The number of aryl methyl sites for hydroxylation is 1. The molecule has 1 aliphatic rings. The van der Waals surface area contributed by atoms with Crippen LogP contribution in [0.2, 0.25) is 0 Å². The molecule has 1 aliphatic heterocycles. The molecule has 0 saturated carbocycles. The number of hydrogen-bond acceptors (Lipinski definition) is 4. The molecular weight excluding hydrogens is 244 g/mol. The molecule has 0 aliphatic carbocycles. The predicted octanol–water partition coefficient (Wildman–Crippen LogP) is 1.08. The van der Waals surface area contributed by atoms with E-state index in [9.17, 15) is 0 Å². The second kappa shape index (κ2) is 7.13. The van der Waals surface area contributed by atoms with Gasteiger partial charge in [0.1, 0.15) is 0 Å². The first-order valence-corrected chi connectivity index (χ1v) is 6.82. The Bertz CT molecular complexity index is 411. The molecule has 2 N–H and O–H groups in total. The summed E-state index contributed by atoms with van der Waals surface area (Å²) >= 11 is 0. The molecule has 0 spiro atoms. The Kier molecular flexibility index (Phi) is 5.20. The fraction of sp³-hybridized carbons (Fsp3) is 0.692. The van der Waals surface area contributed by atoms with E-state index in [2.05, 4.69) is 27.7 Å². The number of aromatic nitrogens is 1. The van der Waals surface area contributed by atoms with Gasteiger partial charge in [0.2, 0.25) is 0 Å². The molecule has 0 bridgehead atoms. The molecule has 6 nitrogen and oxygen atoms in total. The van der Waals surface area contributed by atoms with Crippen molar-refractivity contribution in [3.05, 3.63) is 17.5 Å². The minimum Gasteiger partial charge on any atom is -0.376 e. The first-order chi connectivity index (χ1) is 9.31. The van der Waals surface area contributed by atoms with Crippen LogP contribution in [0.25, 0.3) is 0 Å². The molecular formula is C13H22N4O2. The molecule has 1 aromatic heterocycles. The predicted molar refractivity (Wildman–Crippen MR) is 73.1 cm³/mol. The van der Waals surface area contributed by atoms with E-state index in [1.54, 1.807) is 7.05 Å². The van der Waals surface area contributed by atoms with E-state index in [4.69, 9.17) is 9.26 Å². The van der Waals surface area contributed by atoms with Gasteiger partial charge in [-0.15, -0.1) is 0 Å². The topological polar surface area (TPSA) is 71.7 Å². The monoisotopic (exact) mass is 266 g/mol. The van der Waals surface area contributed by atoms with Gasteiger partial charge in [-0.3, -0.25) is 4.99 Å². The van der Waals surface area contributed by atoms with Crippen molar-refractivity contribution in [3.63, 3.8) is 0 Å². The van der Waals surface area contributed by atoms with Crippen molar-refractivity contribution < 1.29 is 9.26 Å². The summed E-state index contributed by atoms with van der Waals surface area (Å²) in [5.41, 5.74) is 0.971. The van der Waals surface area contributed by atoms with Crippen LogP contribution in [0.3, 0.4) is 0 Å². The van der Waals surface area contributed by atoms with Gasteiger partial charge >= 0.3 is 0 Å². The Labute approximate surface area is 113 Å². The number of aliphatic imine (C=N–C) groups is 1. The zero-order chi connectivity index (χ0) is 13.5. The van der Waals surface area contributed by atoms with Crippen LogP contribution in [0.4, 0.5) is 0 Å². The van der Waals surface area contributed by atoms with Crippen LogP contribution < -0.4 is 10.6 Å². The van der Waals surface area contributed by atoms with Gasteiger partial charge in [-0.05, 0) is 19.3 Å². The third-order valence-corrected chi connectivity index (χ3v) is 3.14. The number of rotatable bonds is 5. The van der Waals surface area contributed by atoms with Crippen molar-refractivity contribution in [1.29, 1.82) is 0 Å². The van der Waals surface area contributed by atoms with Crippen molar-refractivity contribution in [1.82, 2.24) is 15.8 Å². The molecule has 1 aromatic rings. The highest BCUT2D eigenvalue weighted by molar-refractivity contribution is 5.79. The molecule has 1 saturated heterocycles. The first-order valence-electron chi connectivity index (χ1n) is 6.82. The maximum absolute atomic E-state index is 5.55. The van der Waals surface area contributed by atoms with Crippen LogP contribution in [0.1, 0.15) is 31.2 Å². The van der Waals surface area contributed by atoms with Crippen molar-refractivity contribution in [3.8, 4) is 0 Å². The molecule has 106 valence electrons. The quantitative estimate of drug-likeness (QED) is 0.616. The van der Waals surface area contributed by atoms with E-state index in [1.807, 2.05) is 6.07 Å². The highest BCUT2D eigenvalue weighted by Gasteiger charge is 2.15. The van der Waals surface area contributed by atoms with Gasteiger partial charge in [0.25, 0.3) is 0 Å². The highest BCUT2D eigenvalue weighted by atomic mass is 16.5. The van der Waals surface area contributed by atoms with Gasteiger partial charge in [-0.1, -0.05) is 12.1 Å². The number of ether oxygens (including phenoxy) is 1. The number of hydrogen-bond donors (Lipinski definition) is 2. The van der Waals surface area contributed by atoms with E-state index in [1.165, 1.54) is 0 Å². The summed E-state index contributed by atoms with van der Waals surface area (Å²) in [7, 11) is 1.75. The Morgan fingerprint density at radius 1 is 1.53 bits per heavy atom. The maximum Gasteiger partial charge on any atom is 0.191 e. The van der Waals surface area contributed by atoms with Crippen molar-refractivity contribution >= 4 is 5.96 Å². The normalized spacial score (nSPS) is 19.7. The van der Waals surface area contributed by atoms with Crippen molar-refractivity contribution in [2.45, 2.75) is 38.8 Å². The van der Waals surface area contributed by atoms with Crippen molar-refractivity contribution in [2.24, 2.45) is 4.99 Å². The molecule has 0 radical (unpaired) electrons. The lowest BCUT2D eigenvalue weighted by molar-refractivity contribution is 0.114. The molecule has 2 heterocycles. The van der Waals surface area contributed by atoms with Crippen LogP contribution in [-0.4, -0.2) is 37.4 Å². The summed E-state index contributed by atoms with van der Waals surface area (Å²) in [6, 6.07) is 1.96. The van der Waals surface area contributed by atoms with Gasteiger partial charge in [-0.2, -0.15) is 0 Å². The smallest absolute Gasteiger partial charge is 0.191 e. The molecule has 0 aromatic carbocycles. The Balaban J connectivity index is 1.72. The molecule has 0 amide bonds. The number of guanidine groups is 1. The summed E-state index contributed by atoms with van der Waals surface area (Å²) in [5.74, 6) is 1.57. The van der Waals surface area contributed by atoms with Crippen LogP contribution >= 0.6 is 0 Å². The van der Waals surface area contributed by atoms with Crippen molar-refractivity contribution in [2.75, 3.05) is 20.2 Å². The minimum atomic E-state index is 0.301. The zero-order valence-corrected chi connectivity index (χ0v) is 11.6. The molecule has 1 atom stereocenters. The summed E-state index contributed by atoms with van der Waals surface area (Å²) in [6.45, 7) is 4.29. The lowest BCUT2D eigenvalue weighted by atomic mass is 10.2. The van der Waals surface area contributed by atoms with Gasteiger partial charge in [0, 0.05) is 26.3 Å². The number of nitrogens with zero attached hydrogens (tertiary/aromatic N) is 2. The summed E-state index contributed by atoms with van der Waals surface area (Å²) < 4.78 is 10.8. The molecule has 2 rings (SSSR count). The van der Waals surface area contributed by atoms with Gasteiger partial charge < -0.3 is 19.9 Å². The molecule has 19 heavy (non-hydrogen) atoms. The third kappa shape index (κ3) is 4.24. The van der Waals surface area contributed by atoms with Crippen LogP contribution in [-0.2, 0) is 17.7 Å². The largest absolute Gasteiger partial charge is 0.376 e. The average Bonchev–Trinajstić information content (AvgIpc) is 3.10. The van der Waals surface area contributed by atoms with Crippen LogP contribution in [0.15, 0.2) is 15.6 Å². The van der Waals surface area contributed by atoms with Crippen LogP contribution in [0.5, 0.6) is 0 Å². The Morgan fingerprint density at radius 2 is 2.42 bits per heavy atom. The third-order valence-electron chi connectivity index (χ3n) is 3.14. The van der Waals surface area contributed by atoms with E-state index in [-0.39, 0.29) is 0 Å². The molecule has 1 unspecified atom stereocenters. The van der Waals surface area contributed by atoms with Gasteiger partial charge in [-0.25, -0.2) is 0 Å². The van der Waals surface area contributed by atoms with Gasteiger partial charge in [0.05, 0.1) is 18.3 Å². The molecule has 1 fully saturated rings. The summed E-state index contributed by atoms with van der Waals surface area (Å²) in [4.78, 5) is 4.17. The SMILES string of the molecule is CCc1cc(CNC(=NC)NCC2CCCO2)on1. The molecule has 6 heteroatoms. The zero-order valence-electron chi connectivity index (χ0n) is 11.6. The standard InChI is InChI=1S/C13H22N4O2/c1-3-10-7-12(19-17-10)9-16-13(14-2)15-8-11-5-4-6-18-11/h7,11H,3-6,8-9H2,1-2H3,(H2,14,15,16). The number of nitrogens with one attached hydrogen (secondary N) is 2. The lowest BCUT2D eigenvalue weighted by Gasteiger charge is -2.14. The highest BCUT2D eigenvalue weighted by Crippen LogP contribution is 2.10.